The molecule has 1 heterocycles. The summed E-state index contributed by atoms with van der Waals surface area (Å²) in [5.74, 6) is -0.563. The molecule has 0 aliphatic carbocycles. The van der Waals surface area contributed by atoms with Gasteiger partial charge in [0.2, 0.25) is 0 Å². The number of aliphatic carboxylic acids is 1. The third-order valence-corrected chi connectivity index (χ3v) is 3.01. The molecule has 0 bridgehead atoms. The molecule has 0 amide bonds. The maximum absolute atomic E-state index is 10.7. The third kappa shape index (κ3) is 2.32. The Balaban J connectivity index is 2.50. The smallest absolute Gasteiger partial charge is 0.303 e. The molecule has 0 spiro atoms. The number of phenolic OH excluding ortho intramolecular Hbond substituents is 1. The van der Waals surface area contributed by atoms with Crippen molar-refractivity contribution in [1.82, 2.24) is 4.57 Å². The summed E-state index contributed by atoms with van der Waals surface area (Å²) in [6.07, 6.45) is 0.623. The minimum atomic E-state index is -0.793. The molecule has 2 rings (SSSR count). The zero-order chi connectivity index (χ0) is 13.3. The quantitative estimate of drug-likeness (QED) is 0.873. The number of carbonyl (C=O) groups is 1. The number of fused-ring (bicyclic) bond motifs is 1. The molecule has 4 nitrogen and oxygen atoms in total. The number of carboxylic acids is 1. The molecule has 0 saturated heterocycles. The van der Waals surface area contributed by atoms with Crippen LogP contribution in [0.1, 0.15) is 32.0 Å². The Labute approximate surface area is 105 Å². The van der Waals surface area contributed by atoms with E-state index in [-0.39, 0.29) is 18.2 Å². The van der Waals surface area contributed by atoms with Crippen LogP contribution in [0.3, 0.4) is 0 Å². The van der Waals surface area contributed by atoms with E-state index in [0.717, 1.165) is 16.6 Å². The van der Waals surface area contributed by atoms with Crippen molar-refractivity contribution in [1.29, 1.82) is 0 Å². The zero-order valence-electron chi connectivity index (χ0n) is 10.6. The van der Waals surface area contributed by atoms with Crippen LogP contribution in [0.4, 0.5) is 0 Å². The van der Waals surface area contributed by atoms with Crippen LogP contribution in [0, 0.1) is 0 Å². The third-order valence-electron chi connectivity index (χ3n) is 3.01. The van der Waals surface area contributed by atoms with Gasteiger partial charge in [-0.1, -0.05) is 0 Å². The van der Waals surface area contributed by atoms with Gasteiger partial charge in [-0.25, -0.2) is 0 Å². The van der Waals surface area contributed by atoms with E-state index in [1.54, 1.807) is 12.1 Å². The Kier molecular flexibility index (Phi) is 3.28. The first-order chi connectivity index (χ1) is 8.49. The lowest BCUT2D eigenvalue weighted by Gasteiger charge is -2.14. The molecule has 18 heavy (non-hydrogen) atoms. The van der Waals surface area contributed by atoms with Crippen molar-refractivity contribution in [3.63, 3.8) is 0 Å². The summed E-state index contributed by atoms with van der Waals surface area (Å²) in [5, 5.41) is 19.2. The maximum atomic E-state index is 10.7. The van der Waals surface area contributed by atoms with Crippen molar-refractivity contribution < 1.29 is 15.0 Å². The Morgan fingerprint density at radius 1 is 1.33 bits per heavy atom. The standard InChI is InChI=1S/C14H17NO3/c1-9(2)15-11(3-6-14(17)18)7-10-8-12(16)4-5-13(10)15/h4-5,7-9,16H,3,6H2,1-2H3,(H,17,18). The first kappa shape index (κ1) is 12.5. The molecule has 0 radical (unpaired) electrons. The van der Waals surface area contributed by atoms with E-state index >= 15 is 0 Å². The number of aryl methyl sites for hydroxylation is 1. The Hall–Kier alpha value is -1.97. The van der Waals surface area contributed by atoms with Gasteiger partial charge in [0.25, 0.3) is 0 Å². The highest BCUT2D eigenvalue weighted by Crippen LogP contribution is 2.27. The molecule has 2 aromatic rings. The van der Waals surface area contributed by atoms with Gasteiger partial charge in [-0.3, -0.25) is 4.79 Å². The van der Waals surface area contributed by atoms with E-state index in [0.29, 0.717) is 6.42 Å². The van der Waals surface area contributed by atoms with Gasteiger partial charge in [0.05, 0.1) is 6.42 Å². The van der Waals surface area contributed by atoms with Gasteiger partial charge in [0.1, 0.15) is 5.75 Å². The highest BCUT2D eigenvalue weighted by atomic mass is 16.4. The average molecular weight is 247 g/mol. The second-order valence-electron chi connectivity index (χ2n) is 4.74. The SMILES string of the molecule is CC(C)n1c(CCC(=O)O)cc2cc(O)ccc21. The minimum Gasteiger partial charge on any atom is -0.508 e. The van der Waals surface area contributed by atoms with Gasteiger partial charge in [-0.2, -0.15) is 0 Å². The van der Waals surface area contributed by atoms with Crippen LogP contribution < -0.4 is 0 Å². The van der Waals surface area contributed by atoms with E-state index in [1.165, 1.54) is 0 Å². The molecule has 96 valence electrons. The van der Waals surface area contributed by atoms with Gasteiger partial charge in [0.15, 0.2) is 0 Å². The molecule has 0 aliphatic heterocycles. The lowest BCUT2D eigenvalue weighted by molar-refractivity contribution is -0.137. The van der Waals surface area contributed by atoms with Gasteiger partial charge in [-0.15, -0.1) is 0 Å². The number of hydrogen-bond donors (Lipinski definition) is 2. The van der Waals surface area contributed by atoms with Crippen LogP contribution in [0.2, 0.25) is 0 Å². The Morgan fingerprint density at radius 2 is 2.06 bits per heavy atom. The molecule has 0 saturated carbocycles. The molecule has 0 atom stereocenters. The Morgan fingerprint density at radius 3 is 2.67 bits per heavy atom. The number of aromatic hydroxyl groups is 1. The fraction of sp³-hybridized carbons (Fsp3) is 0.357. The number of phenols is 1. The highest BCUT2D eigenvalue weighted by Gasteiger charge is 2.12. The second kappa shape index (κ2) is 4.72. The first-order valence-corrected chi connectivity index (χ1v) is 6.03. The van der Waals surface area contributed by atoms with E-state index in [4.69, 9.17) is 5.11 Å². The van der Waals surface area contributed by atoms with Gasteiger partial charge < -0.3 is 14.8 Å². The summed E-state index contributed by atoms with van der Waals surface area (Å²) in [7, 11) is 0. The molecular weight excluding hydrogens is 230 g/mol. The van der Waals surface area contributed by atoms with E-state index < -0.39 is 5.97 Å². The van der Waals surface area contributed by atoms with Crippen molar-refractivity contribution in [3.8, 4) is 5.75 Å². The van der Waals surface area contributed by atoms with Gasteiger partial charge in [-0.05, 0) is 44.5 Å². The predicted octanol–water partition coefficient (Wildman–Crippen LogP) is 2.95. The molecule has 1 aromatic carbocycles. The number of rotatable bonds is 4. The topological polar surface area (TPSA) is 62.5 Å². The van der Waals surface area contributed by atoms with Crippen LogP contribution in [-0.4, -0.2) is 20.7 Å². The number of benzene rings is 1. The van der Waals surface area contributed by atoms with Crippen LogP contribution >= 0.6 is 0 Å². The zero-order valence-corrected chi connectivity index (χ0v) is 10.6. The molecule has 0 unspecified atom stereocenters. The van der Waals surface area contributed by atoms with E-state index in [2.05, 4.69) is 18.4 Å². The van der Waals surface area contributed by atoms with Crippen LogP contribution in [0.5, 0.6) is 5.75 Å². The second-order valence-corrected chi connectivity index (χ2v) is 4.74. The number of aromatic nitrogens is 1. The molecule has 4 heteroatoms. The van der Waals surface area contributed by atoms with Crippen LogP contribution in [-0.2, 0) is 11.2 Å². The summed E-state index contributed by atoms with van der Waals surface area (Å²) in [5.41, 5.74) is 2.02. The maximum Gasteiger partial charge on any atom is 0.303 e. The van der Waals surface area contributed by atoms with Gasteiger partial charge in [0, 0.05) is 22.6 Å². The first-order valence-electron chi connectivity index (χ1n) is 6.03. The van der Waals surface area contributed by atoms with E-state index in [9.17, 15) is 9.90 Å². The average Bonchev–Trinajstić information content (AvgIpc) is 2.63. The molecule has 0 aliphatic rings. The number of carboxylic acid groups (broad SMARTS) is 1. The number of hydrogen-bond acceptors (Lipinski definition) is 2. The molecular formula is C14H17NO3. The summed E-state index contributed by atoms with van der Waals surface area (Å²) in [6.45, 7) is 4.13. The van der Waals surface area contributed by atoms with E-state index in [1.807, 2.05) is 12.1 Å². The van der Waals surface area contributed by atoms with Gasteiger partial charge >= 0.3 is 5.97 Å². The fourth-order valence-electron chi connectivity index (χ4n) is 2.32. The van der Waals surface area contributed by atoms with Crippen molar-refractivity contribution >= 4 is 16.9 Å². The molecule has 2 N–H and O–H groups in total. The fourth-order valence-corrected chi connectivity index (χ4v) is 2.32. The van der Waals surface area contributed by atoms with Crippen molar-refractivity contribution in [2.24, 2.45) is 0 Å². The lowest BCUT2D eigenvalue weighted by atomic mass is 10.2. The summed E-state index contributed by atoms with van der Waals surface area (Å²) in [6, 6.07) is 7.45. The monoisotopic (exact) mass is 247 g/mol. The van der Waals surface area contributed by atoms with Crippen molar-refractivity contribution in [2.45, 2.75) is 32.7 Å². The summed E-state index contributed by atoms with van der Waals surface area (Å²) in [4.78, 5) is 10.7. The van der Waals surface area contributed by atoms with Crippen molar-refractivity contribution in [2.75, 3.05) is 0 Å². The van der Waals surface area contributed by atoms with Crippen LogP contribution in [0.15, 0.2) is 24.3 Å². The predicted molar refractivity (Wildman–Crippen MR) is 69.9 cm³/mol. The largest absolute Gasteiger partial charge is 0.508 e. The normalized spacial score (nSPS) is 11.3. The minimum absolute atomic E-state index is 0.120. The molecule has 0 fully saturated rings. The number of nitrogens with zero attached hydrogens (tertiary/aromatic N) is 1. The van der Waals surface area contributed by atoms with Crippen molar-refractivity contribution in [3.05, 3.63) is 30.0 Å². The lowest BCUT2D eigenvalue weighted by Crippen LogP contribution is -2.07. The molecule has 1 aromatic heterocycles. The Bertz CT molecular complexity index is 584. The highest BCUT2D eigenvalue weighted by molar-refractivity contribution is 5.83. The van der Waals surface area contributed by atoms with Crippen LogP contribution in [0.25, 0.3) is 10.9 Å². The summed E-state index contributed by atoms with van der Waals surface area (Å²) < 4.78 is 2.12. The summed E-state index contributed by atoms with van der Waals surface area (Å²) >= 11 is 0.